The topological polar surface area (TPSA) is 62.5 Å². The third kappa shape index (κ3) is 3.00. The molecule has 2 aliphatic rings. The summed E-state index contributed by atoms with van der Waals surface area (Å²) >= 11 is 12.9. The van der Waals surface area contributed by atoms with Gasteiger partial charge in [0.05, 0.1) is 10.0 Å². The zero-order chi connectivity index (χ0) is 19.3. The first kappa shape index (κ1) is 18.3. The summed E-state index contributed by atoms with van der Waals surface area (Å²) in [6.45, 7) is 0.537. The number of pyridine rings is 1. The average Bonchev–Trinajstić information content (AvgIpc) is 3.05. The molecule has 4 rings (SSSR count). The van der Waals surface area contributed by atoms with E-state index in [9.17, 15) is 14.7 Å². The summed E-state index contributed by atoms with van der Waals surface area (Å²) in [5, 5.41) is 10.2. The minimum atomic E-state index is -0.496. The molecule has 1 aromatic carbocycles. The molecule has 0 unspecified atom stereocenters. The Kier molecular flexibility index (Phi) is 4.62. The Bertz CT molecular complexity index is 1060. The molecule has 7 heteroatoms. The van der Waals surface area contributed by atoms with E-state index in [0.717, 1.165) is 34.2 Å². The van der Waals surface area contributed by atoms with Crippen LogP contribution >= 0.6 is 23.2 Å². The summed E-state index contributed by atoms with van der Waals surface area (Å²) in [5.74, 6) is -0.279. The minimum Gasteiger partial charge on any atom is -0.387 e. The number of carbonyl (C=O) groups excluding carboxylic acids is 1. The number of carbonyl (C=O) groups is 1. The number of nitrogens with zero attached hydrogens (tertiary/aromatic N) is 2. The van der Waals surface area contributed by atoms with E-state index >= 15 is 0 Å². The summed E-state index contributed by atoms with van der Waals surface area (Å²) in [7, 11) is 1.70. The van der Waals surface area contributed by atoms with Crippen molar-refractivity contribution in [2.45, 2.75) is 12.8 Å². The molecular weight excluding hydrogens is 387 g/mol. The van der Waals surface area contributed by atoms with Gasteiger partial charge in [-0.25, -0.2) is 0 Å². The minimum absolute atomic E-state index is 0.0901. The van der Waals surface area contributed by atoms with Crippen molar-refractivity contribution in [3.05, 3.63) is 61.5 Å². The van der Waals surface area contributed by atoms with E-state index in [2.05, 4.69) is 0 Å². The first-order chi connectivity index (χ1) is 12.9. The second-order valence-electron chi connectivity index (χ2n) is 6.92. The van der Waals surface area contributed by atoms with E-state index in [1.54, 1.807) is 24.2 Å². The number of aryl methyl sites for hydroxylation is 1. The highest BCUT2D eigenvalue weighted by atomic mass is 35.5. The Morgan fingerprint density at radius 1 is 1.30 bits per heavy atom. The van der Waals surface area contributed by atoms with Crippen LogP contribution in [-0.4, -0.2) is 40.2 Å². The molecule has 1 aliphatic heterocycles. The second-order valence-corrected chi connectivity index (χ2v) is 7.71. The van der Waals surface area contributed by atoms with E-state index in [4.69, 9.17) is 23.2 Å². The predicted octanol–water partition coefficient (Wildman–Crippen LogP) is 2.89. The molecule has 0 radical (unpaired) electrons. The molecule has 5 nitrogen and oxygen atoms in total. The van der Waals surface area contributed by atoms with Gasteiger partial charge in [-0.1, -0.05) is 28.8 Å². The molecular formula is C20H18Cl2N2O3. The smallest absolute Gasteiger partial charge is 0.250 e. The van der Waals surface area contributed by atoms with Crippen molar-refractivity contribution in [3.63, 3.8) is 0 Å². The molecule has 1 aliphatic carbocycles. The SMILES string of the molecule is Cn1cc(-c2cc(Cl)c(Cl)c3c2C2=C(CCN(C(=O)CO)C2)C3)ccc1=O. The van der Waals surface area contributed by atoms with Crippen LogP contribution in [-0.2, 0) is 18.3 Å². The van der Waals surface area contributed by atoms with Gasteiger partial charge in [0, 0.05) is 32.4 Å². The summed E-state index contributed by atoms with van der Waals surface area (Å²) in [4.78, 5) is 25.4. The molecule has 0 spiro atoms. The van der Waals surface area contributed by atoms with Gasteiger partial charge in [-0.05, 0) is 52.8 Å². The number of aliphatic hydroxyl groups is 1. The van der Waals surface area contributed by atoms with E-state index in [-0.39, 0.29) is 11.5 Å². The van der Waals surface area contributed by atoms with Crippen molar-refractivity contribution in [3.8, 4) is 11.1 Å². The molecule has 0 fully saturated rings. The Morgan fingerprint density at radius 2 is 2.07 bits per heavy atom. The standard InChI is InChI=1S/C20H18Cl2N2O3/c1-23-8-12(2-3-17(23)26)13-7-16(21)20(22)14-6-11-4-5-24(18(27)10-25)9-15(11)19(13)14/h2-3,7-8,25H,4-6,9-10H2,1H3. The quantitative estimate of drug-likeness (QED) is 0.836. The van der Waals surface area contributed by atoms with E-state index in [1.165, 1.54) is 16.2 Å². The van der Waals surface area contributed by atoms with Gasteiger partial charge in [-0.15, -0.1) is 0 Å². The van der Waals surface area contributed by atoms with E-state index in [1.807, 2.05) is 6.07 Å². The fraction of sp³-hybridized carbons (Fsp3) is 0.300. The second kappa shape index (κ2) is 6.82. The maximum atomic E-state index is 12.0. The molecule has 2 aromatic rings. The van der Waals surface area contributed by atoms with Crippen LogP contribution in [0.3, 0.4) is 0 Å². The highest BCUT2D eigenvalue weighted by Gasteiger charge is 2.33. The highest BCUT2D eigenvalue weighted by Crippen LogP contribution is 2.47. The number of aliphatic hydroxyl groups excluding tert-OH is 1. The molecule has 27 heavy (non-hydrogen) atoms. The lowest BCUT2D eigenvalue weighted by Gasteiger charge is -2.29. The van der Waals surface area contributed by atoms with Gasteiger partial charge in [0.2, 0.25) is 11.5 Å². The van der Waals surface area contributed by atoms with Gasteiger partial charge in [-0.3, -0.25) is 9.59 Å². The van der Waals surface area contributed by atoms with Crippen LogP contribution in [0.1, 0.15) is 17.5 Å². The fourth-order valence-electron chi connectivity index (χ4n) is 3.95. The zero-order valence-corrected chi connectivity index (χ0v) is 16.3. The number of aromatic nitrogens is 1. The average molecular weight is 405 g/mol. The third-order valence-electron chi connectivity index (χ3n) is 5.35. The van der Waals surface area contributed by atoms with Crippen LogP contribution < -0.4 is 5.56 Å². The Labute approximate surface area is 166 Å². The molecule has 0 atom stereocenters. The highest BCUT2D eigenvalue weighted by molar-refractivity contribution is 6.43. The monoisotopic (exact) mass is 404 g/mol. The summed E-state index contributed by atoms with van der Waals surface area (Å²) < 4.78 is 1.52. The first-order valence-electron chi connectivity index (χ1n) is 8.68. The number of rotatable bonds is 2. The normalized spacial score (nSPS) is 15.8. The van der Waals surface area contributed by atoms with Crippen LogP contribution in [0.25, 0.3) is 16.7 Å². The number of hydrogen-bond donors (Lipinski definition) is 1. The molecule has 0 bridgehead atoms. The van der Waals surface area contributed by atoms with Crippen molar-refractivity contribution in [2.24, 2.45) is 7.05 Å². The molecule has 1 amide bonds. The summed E-state index contributed by atoms with van der Waals surface area (Å²) in [6, 6.07) is 5.13. The van der Waals surface area contributed by atoms with Crippen LogP contribution in [0.4, 0.5) is 0 Å². The summed E-state index contributed by atoms with van der Waals surface area (Å²) in [5.41, 5.74) is 5.96. The van der Waals surface area contributed by atoms with Crippen molar-refractivity contribution in [1.29, 1.82) is 0 Å². The van der Waals surface area contributed by atoms with Gasteiger partial charge >= 0.3 is 0 Å². The Balaban J connectivity index is 1.89. The van der Waals surface area contributed by atoms with Gasteiger partial charge in [0.15, 0.2) is 0 Å². The Morgan fingerprint density at radius 3 is 2.78 bits per heavy atom. The number of benzene rings is 1. The number of fused-ring (bicyclic) bond motifs is 2. The van der Waals surface area contributed by atoms with Crippen molar-refractivity contribution < 1.29 is 9.90 Å². The van der Waals surface area contributed by atoms with E-state index in [0.29, 0.717) is 29.6 Å². The van der Waals surface area contributed by atoms with Crippen LogP contribution in [0, 0.1) is 0 Å². The maximum absolute atomic E-state index is 12.0. The van der Waals surface area contributed by atoms with Crippen LogP contribution in [0.15, 0.2) is 34.8 Å². The molecule has 140 valence electrons. The third-order valence-corrected chi connectivity index (χ3v) is 6.18. The fourth-order valence-corrected chi connectivity index (χ4v) is 4.39. The largest absolute Gasteiger partial charge is 0.387 e. The number of amides is 1. The van der Waals surface area contributed by atoms with Crippen molar-refractivity contribution >= 4 is 34.7 Å². The molecule has 2 heterocycles. The number of halogens is 2. The zero-order valence-electron chi connectivity index (χ0n) is 14.8. The summed E-state index contributed by atoms with van der Waals surface area (Å²) in [6.07, 6.45) is 3.24. The van der Waals surface area contributed by atoms with Gasteiger partial charge in [-0.2, -0.15) is 0 Å². The predicted molar refractivity (Wildman–Crippen MR) is 106 cm³/mol. The molecule has 0 saturated carbocycles. The van der Waals surface area contributed by atoms with E-state index < -0.39 is 6.61 Å². The lowest BCUT2D eigenvalue weighted by atomic mass is 9.93. The van der Waals surface area contributed by atoms with Crippen LogP contribution in [0.5, 0.6) is 0 Å². The molecule has 0 saturated heterocycles. The molecule has 1 N–H and O–H groups in total. The van der Waals surface area contributed by atoms with Gasteiger partial charge < -0.3 is 14.6 Å². The van der Waals surface area contributed by atoms with Crippen LogP contribution in [0.2, 0.25) is 10.0 Å². The van der Waals surface area contributed by atoms with Gasteiger partial charge in [0.1, 0.15) is 6.61 Å². The number of hydrogen-bond acceptors (Lipinski definition) is 3. The van der Waals surface area contributed by atoms with Crippen molar-refractivity contribution in [2.75, 3.05) is 19.7 Å². The Hall–Kier alpha value is -2.08. The first-order valence-corrected chi connectivity index (χ1v) is 9.44. The van der Waals surface area contributed by atoms with Gasteiger partial charge in [0.25, 0.3) is 0 Å². The maximum Gasteiger partial charge on any atom is 0.250 e. The lowest BCUT2D eigenvalue weighted by Crippen LogP contribution is -2.37. The molecule has 1 aromatic heterocycles. The van der Waals surface area contributed by atoms with Crippen molar-refractivity contribution in [1.82, 2.24) is 9.47 Å². The lowest BCUT2D eigenvalue weighted by molar-refractivity contribution is -0.133.